The minimum atomic E-state index is 0.806. The molecule has 2 aliphatic rings. The van der Waals surface area contributed by atoms with Crippen LogP contribution in [0.25, 0.3) is 0 Å². The minimum absolute atomic E-state index is 0.806. The fourth-order valence-corrected chi connectivity index (χ4v) is 3.75. The smallest absolute Gasteiger partial charge is 0.00978 e. The first-order chi connectivity index (χ1) is 8.83. The van der Waals surface area contributed by atoms with E-state index < -0.39 is 0 Å². The molecule has 2 atom stereocenters. The Hall–Kier alpha value is -0.0800. The lowest BCUT2D eigenvalue weighted by Gasteiger charge is -2.35. The van der Waals surface area contributed by atoms with E-state index in [9.17, 15) is 0 Å². The largest absolute Gasteiger partial charge is 0.311 e. The molecule has 0 spiro atoms. The summed E-state index contributed by atoms with van der Waals surface area (Å²) in [5.41, 5.74) is 0. The Morgan fingerprint density at radius 1 is 1.06 bits per heavy atom. The summed E-state index contributed by atoms with van der Waals surface area (Å²) in [5.74, 6) is 0.961. The van der Waals surface area contributed by atoms with Crippen molar-refractivity contribution in [3.05, 3.63) is 0 Å². The molecule has 18 heavy (non-hydrogen) atoms. The lowest BCUT2D eigenvalue weighted by Crippen LogP contribution is -2.47. The van der Waals surface area contributed by atoms with Crippen LogP contribution in [0.15, 0.2) is 0 Å². The summed E-state index contributed by atoms with van der Waals surface area (Å²) in [4.78, 5) is 2.66. The first-order valence-corrected chi connectivity index (χ1v) is 8.31. The molecular formula is C16H32N2. The number of likely N-dealkylation sites (tertiary alicyclic amines) is 1. The maximum atomic E-state index is 3.97. The molecule has 2 fully saturated rings. The fourth-order valence-electron chi connectivity index (χ4n) is 3.75. The second-order valence-electron chi connectivity index (χ2n) is 6.34. The topological polar surface area (TPSA) is 15.3 Å². The molecule has 2 rings (SSSR count). The summed E-state index contributed by atoms with van der Waals surface area (Å²) < 4.78 is 0. The average molecular weight is 252 g/mol. The molecule has 1 aliphatic heterocycles. The maximum absolute atomic E-state index is 3.97. The van der Waals surface area contributed by atoms with Crippen LogP contribution < -0.4 is 5.32 Å². The van der Waals surface area contributed by atoms with Gasteiger partial charge < -0.3 is 10.2 Å². The molecule has 0 amide bonds. The van der Waals surface area contributed by atoms with Gasteiger partial charge in [-0.3, -0.25) is 0 Å². The van der Waals surface area contributed by atoms with Crippen LogP contribution in [0.2, 0.25) is 0 Å². The molecule has 0 radical (unpaired) electrons. The molecule has 0 aromatic carbocycles. The van der Waals surface area contributed by atoms with Gasteiger partial charge in [-0.05, 0) is 57.7 Å². The van der Waals surface area contributed by atoms with E-state index >= 15 is 0 Å². The summed E-state index contributed by atoms with van der Waals surface area (Å²) in [7, 11) is 0. The van der Waals surface area contributed by atoms with E-state index in [1.807, 2.05) is 0 Å². The van der Waals surface area contributed by atoms with Crippen molar-refractivity contribution in [2.75, 3.05) is 19.6 Å². The number of unbranched alkanes of at least 4 members (excludes halogenated alkanes) is 1. The van der Waals surface area contributed by atoms with Gasteiger partial charge in [0.15, 0.2) is 0 Å². The van der Waals surface area contributed by atoms with E-state index in [4.69, 9.17) is 0 Å². The highest BCUT2D eigenvalue weighted by Gasteiger charge is 2.28. The van der Waals surface area contributed by atoms with E-state index in [1.165, 1.54) is 71.0 Å². The lowest BCUT2D eigenvalue weighted by atomic mass is 9.97. The summed E-state index contributed by atoms with van der Waals surface area (Å²) >= 11 is 0. The predicted octanol–water partition coefficient (Wildman–Crippen LogP) is 3.42. The zero-order valence-corrected chi connectivity index (χ0v) is 12.5. The van der Waals surface area contributed by atoms with Gasteiger partial charge in [-0.15, -0.1) is 0 Å². The monoisotopic (exact) mass is 252 g/mol. The van der Waals surface area contributed by atoms with Crippen LogP contribution in [0.3, 0.4) is 0 Å². The Labute approximate surface area is 114 Å². The van der Waals surface area contributed by atoms with Gasteiger partial charge in [0.25, 0.3) is 0 Å². The van der Waals surface area contributed by atoms with Crippen molar-refractivity contribution in [3.63, 3.8) is 0 Å². The van der Waals surface area contributed by atoms with Crippen molar-refractivity contribution in [2.24, 2.45) is 5.92 Å². The van der Waals surface area contributed by atoms with Gasteiger partial charge in [0, 0.05) is 12.1 Å². The summed E-state index contributed by atoms with van der Waals surface area (Å²) in [6.07, 6.45) is 11.2. The average Bonchev–Trinajstić information content (AvgIpc) is 2.85. The standard InChI is InChI=1S/C16H32N2/c1-3-5-11-18-12-9-15(10-13-18)17-16-8-6-7-14(16)4-2/h14-17H,3-13H2,1-2H3. The van der Waals surface area contributed by atoms with Crippen LogP contribution in [-0.2, 0) is 0 Å². The number of piperidine rings is 1. The molecular weight excluding hydrogens is 220 g/mol. The number of hydrogen-bond donors (Lipinski definition) is 1. The van der Waals surface area contributed by atoms with Gasteiger partial charge in [-0.1, -0.05) is 33.1 Å². The molecule has 2 nitrogen and oxygen atoms in total. The molecule has 0 bridgehead atoms. The molecule has 2 unspecified atom stereocenters. The van der Waals surface area contributed by atoms with Crippen molar-refractivity contribution in [1.29, 1.82) is 0 Å². The molecule has 1 saturated heterocycles. The molecule has 0 aromatic rings. The Balaban J connectivity index is 1.67. The Bertz CT molecular complexity index is 221. The molecule has 1 saturated carbocycles. The van der Waals surface area contributed by atoms with Crippen LogP contribution in [0, 0.1) is 5.92 Å². The summed E-state index contributed by atoms with van der Waals surface area (Å²) in [6, 6.07) is 1.64. The molecule has 2 heteroatoms. The molecule has 1 N–H and O–H groups in total. The van der Waals surface area contributed by atoms with Crippen molar-refractivity contribution < 1.29 is 0 Å². The molecule has 106 valence electrons. The number of rotatable bonds is 6. The summed E-state index contributed by atoms with van der Waals surface area (Å²) in [5, 5.41) is 3.97. The number of nitrogens with one attached hydrogen (secondary N) is 1. The van der Waals surface area contributed by atoms with Gasteiger partial charge in [0.1, 0.15) is 0 Å². The maximum Gasteiger partial charge on any atom is 0.00978 e. The molecule has 0 aromatic heterocycles. The Kier molecular flexibility index (Phi) is 5.97. The highest BCUT2D eigenvalue weighted by molar-refractivity contribution is 4.87. The Morgan fingerprint density at radius 3 is 2.50 bits per heavy atom. The van der Waals surface area contributed by atoms with Crippen molar-refractivity contribution >= 4 is 0 Å². The van der Waals surface area contributed by atoms with Crippen molar-refractivity contribution in [1.82, 2.24) is 10.2 Å². The normalized spacial score (nSPS) is 31.0. The second-order valence-corrected chi connectivity index (χ2v) is 6.34. The number of nitrogens with zero attached hydrogens (tertiary/aromatic N) is 1. The second kappa shape index (κ2) is 7.49. The van der Waals surface area contributed by atoms with Crippen LogP contribution in [0.1, 0.15) is 65.2 Å². The zero-order chi connectivity index (χ0) is 12.8. The zero-order valence-electron chi connectivity index (χ0n) is 12.5. The van der Waals surface area contributed by atoms with E-state index in [-0.39, 0.29) is 0 Å². The van der Waals surface area contributed by atoms with E-state index in [0.29, 0.717) is 0 Å². The minimum Gasteiger partial charge on any atom is -0.311 e. The van der Waals surface area contributed by atoms with E-state index in [1.54, 1.807) is 0 Å². The van der Waals surface area contributed by atoms with Crippen LogP contribution in [-0.4, -0.2) is 36.6 Å². The van der Waals surface area contributed by atoms with Crippen molar-refractivity contribution in [2.45, 2.75) is 77.3 Å². The van der Waals surface area contributed by atoms with Crippen LogP contribution in [0.4, 0.5) is 0 Å². The third-order valence-corrected chi connectivity index (χ3v) is 5.05. The first kappa shape index (κ1) is 14.3. The highest BCUT2D eigenvalue weighted by atomic mass is 15.1. The predicted molar refractivity (Wildman–Crippen MR) is 78.9 cm³/mol. The van der Waals surface area contributed by atoms with Crippen LogP contribution >= 0.6 is 0 Å². The quantitative estimate of drug-likeness (QED) is 0.779. The third kappa shape index (κ3) is 3.96. The van der Waals surface area contributed by atoms with E-state index in [2.05, 4.69) is 24.1 Å². The third-order valence-electron chi connectivity index (χ3n) is 5.05. The molecule has 1 heterocycles. The first-order valence-electron chi connectivity index (χ1n) is 8.31. The number of hydrogen-bond acceptors (Lipinski definition) is 2. The summed E-state index contributed by atoms with van der Waals surface area (Å²) in [6.45, 7) is 8.61. The Morgan fingerprint density at radius 2 is 1.83 bits per heavy atom. The molecule has 1 aliphatic carbocycles. The van der Waals surface area contributed by atoms with Gasteiger partial charge in [0.05, 0.1) is 0 Å². The lowest BCUT2D eigenvalue weighted by molar-refractivity contribution is 0.182. The van der Waals surface area contributed by atoms with Gasteiger partial charge in [-0.25, -0.2) is 0 Å². The SMILES string of the molecule is CCCCN1CCC(NC2CCCC2CC)CC1. The van der Waals surface area contributed by atoms with Crippen LogP contribution in [0.5, 0.6) is 0 Å². The van der Waals surface area contributed by atoms with Gasteiger partial charge >= 0.3 is 0 Å². The van der Waals surface area contributed by atoms with Crippen molar-refractivity contribution in [3.8, 4) is 0 Å². The fraction of sp³-hybridized carbons (Fsp3) is 1.00. The van der Waals surface area contributed by atoms with E-state index in [0.717, 1.165) is 18.0 Å². The van der Waals surface area contributed by atoms with Gasteiger partial charge in [0.2, 0.25) is 0 Å². The highest BCUT2D eigenvalue weighted by Crippen LogP contribution is 2.29. The van der Waals surface area contributed by atoms with Gasteiger partial charge in [-0.2, -0.15) is 0 Å².